The van der Waals surface area contributed by atoms with Gasteiger partial charge in [0.25, 0.3) is 5.91 Å². The summed E-state index contributed by atoms with van der Waals surface area (Å²) in [6.45, 7) is 2.13. The number of carbonyl (C=O) groups excluding carboxylic acids is 3. The molecular weight excluding hydrogens is 338 g/mol. The van der Waals surface area contributed by atoms with Gasteiger partial charge in [0.2, 0.25) is 5.91 Å². The van der Waals surface area contributed by atoms with Crippen molar-refractivity contribution in [2.24, 2.45) is 0 Å². The highest BCUT2D eigenvalue weighted by Gasteiger charge is 2.51. The van der Waals surface area contributed by atoms with E-state index in [9.17, 15) is 14.4 Å². The first-order valence-electron chi connectivity index (χ1n) is 8.88. The summed E-state index contributed by atoms with van der Waals surface area (Å²) in [5.74, 6) is -0.218. The van der Waals surface area contributed by atoms with E-state index in [0.717, 1.165) is 24.1 Å². The molecule has 0 bridgehead atoms. The molecule has 1 spiro atoms. The fraction of sp³-hybridized carbons (Fsp3) is 0.611. The number of thiophene rings is 1. The zero-order valence-electron chi connectivity index (χ0n) is 14.8. The molecule has 1 aliphatic carbocycles. The van der Waals surface area contributed by atoms with E-state index in [4.69, 9.17) is 0 Å². The predicted octanol–water partition coefficient (Wildman–Crippen LogP) is 2.91. The van der Waals surface area contributed by atoms with Gasteiger partial charge in [0.1, 0.15) is 5.54 Å². The summed E-state index contributed by atoms with van der Waals surface area (Å²) >= 11 is 1.61. The van der Waals surface area contributed by atoms with Gasteiger partial charge in [0, 0.05) is 24.9 Å². The van der Waals surface area contributed by atoms with Gasteiger partial charge in [0.15, 0.2) is 0 Å². The lowest BCUT2D eigenvalue weighted by Gasteiger charge is -2.30. The van der Waals surface area contributed by atoms with Crippen molar-refractivity contribution in [3.8, 4) is 0 Å². The highest BCUT2D eigenvalue weighted by Crippen LogP contribution is 2.33. The van der Waals surface area contributed by atoms with E-state index in [0.29, 0.717) is 12.8 Å². The van der Waals surface area contributed by atoms with Gasteiger partial charge in [-0.2, -0.15) is 0 Å². The number of rotatable bonds is 5. The molecule has 0 aromatic carbocycles. The number of imide groups is 1. The molecule has 0 radical (unpaired) electrons. The molecule has 1 aromatic heterocycles. The van der Waals surface area contributed by atoms with Gasteiger partial charge >= 0.3 is 6.03 Å². The Balaban J connectivity index is 1.58. The van der Waals surface area contributed by atoms with Crippen LogP contribution in [-0.2, 0) is 9.59 Å². The van der Waals surface area contributed by atoms with Crippen LogP contribution in [-0.4, -0.2) is 46.8 Å². The quantitative estimate of drug-likeness (QED) is 0.818. The van der Waals surface area contributed by atoms with E-state index in [1.807, 2.05) is 24.4 Å². The Labute approximate surface area is 152 Å². The van der Waals surface area contributed by atoms with Crippen LogP contribution in [0.15, 0.2) is 17.5 Å². The van der Waals surface area contributed by atoms with Gasteiger partial charge in [-0.25, -0.2) is 4.79 Å². The lowest BCUT2D eigenvalue weighted by Crippen LogP contribution is -2.48. The number of hydrogen-bond acceptors (Lipinski definition) is 4. The highest BCUT2D eigenvalue weighted by atomic mass is 32.1. The zero-order chi connectivity index (χ0) is 18.0. The normalized spacial score (nSPS) is 20.6. The van der Waals surface area contributed by atoms with E-state index < -0.39 is 5.54 Å². The molecule has 2 heterocycles. The molecule has 6 nitrogen and oxygen atoms in total. The molecular formula is C18H25N3O3S. The standard InChI is InChI=1S/C18H25N3O3S/c1-13(14-7-6-12-25-14)20(2)15(22)8-11-21-16(23)18(19-17(21)24)9-4-3-5-10-18/h6-7,12-13H,3-5,8-11H2,1-2H3,(H,19,24)/t13-/m1/s1. The van der Waals surface area contributed by atoms with E-state index >= 15 is 0 Å². The van der Waals surface area contributed by atoms with Gasteiger partial charge in [-0.05, 0) is 31.2 Å². The van der Waals surface area contributed by atoms with Crippen LogP contribution in [0, 0.1) is 0 Å². The predicted molar refractivity (Wildman–Crippen MR) is 96.2 cm³/mol. The third-order valence-electron chi connectivity index (χ3n) is 5.43. The third-order valence-corrected chi connectivity index (χ3v) is 6.47. The second-order valence-electron chi connectivity index (χ2n) is 6.98. The lowest BCUT2D eigenvalue weighted by molar-refractivity contribution is -0.134. The molecule has 0 unspecified atom stereocenters. The van der Waals surface area contributed by atoms with Crippen LogP contribution in [0.5, 0.6) is 0 Å². The summed E-state index contributed by atoms with van der Waals surface area (Å²) in [6, 6.07) is 3.60. The number of nitrogens with zero attached hydrogens (tertiary/aromatic N) is 2. The molecule has 1 N–H and O–H groups in total. The molecule has 1 atom stereocenters. The maximum absolute atomic E-state index is 12.7. The van der Waals surface area contributed by atoms with E-state index in [1.54, 1.807) is 23.3 Å². The Morgan fingerprint density at radius 1 is 1.36 bits per heavy atom. The summed E-state index contributed by atoms with van der Waals surface area (Å²) in [5, 5.41) is 4.87. The van der Waals surface area contributed by atoms with Crippen molar-refractivity contribution in [1.82, 2.24) is 15.1 Å². The van der Waals surface area contributed by atoms with Crippen molar-refractivity contribution >= 4 is 29.2 Å². The van der Waals surface area contributed by atoms with Crippen LogP contribution < -0.4 is 5.32 Å². The zero-order valence-corrected chi connectivity index (χ0v) is 15.6. The van der Waals surface area contributed by atoms with Crippen LogP contribution >= 0.6 is 11.3 Å². The summed E-state index contributed by atoms with van der Waals surface area (Å²) in [7, 11) is 1.77. The van der Waals surface area contributed by atoms with Crippen molar-refractivity contribution in [2.75, 3.05) is 13.6 Å². The summed E-state index contributed by atoms with van der Waals surface area (Å²) < 4.78 is 0. The van der Waals surface area contributed by atoms with Crippen LogP contribution in [0.3, 0.4) is 0 Å². The molecule has 2 fully saturated rings. The smallest absolute Gasteiger partial charge is 0.325 e. The molecule has 2 aliphatic rings. The molecule has 1 saturated carbocycles. The van der Waals surface area contributed by atoms with E-state index in [-0.39, 0.29) is 36.9 Å². The monoisotopic (exact) mass is 363 g/mol. The Morgan fingerprint density at radius 2 is 2.08 bits per heavy atom. The molecule has 1 aliphatic heterocycles. The minimum absolute atomic E-state index is 0.0136. The molecule has 4 amide bonds. The largest absolute Gasteiger partial charge is 0.338 e. The number of hydrogen-bond donors (Lipinski definition) is 1. The van der Waals surface area contributed by atoms with Crippen LogP contribution in [0.1, 0.15) is 56.4 Å². The summed E-state index contributed by atoms with van der Waals surface area (Å²) in [5.41, 5.74) is -0.714. The first kappa shape index (κ1) is 17.9. The SMILES string of the molecule is C[C@H](c1cccs1)N(C)C(=O)CCN1C(=O)NC2(CCCCC2)C1=O. The Morgan fingerprint density at radius 3 is 2.72 bits per heavy atom. The minimum atomic E-state index is -0.714. The second-order valence-corrected chi connectivity index (χ2v) is 7.96. The van der Waals surface area contributed by atoms with Crippen molar-refractivity contribution in [1.29, 1.82) is 0 Å². The Bertz CT molecular complexity index is 653. The molecule has 1 saturated heterocycles. The maximum Gasteiger partial charge on any atom is 0.325 e. The van der Waals surface area contributed by atoms with Crippen molar-refractivity contribution in [3.63, 3.8) is 0 Å². The lowest BCUT2D eigenvalue weighted by atomic mass is 9.82. The average molecular weight is 363 g/mol. The highest BCUT2D eigenvalue weighted by molar-refractivity contribution is 7.10. The fourth-order valence-electron chi connectivity index (χ4n) is 3.69. The first-order valence-corrected chi connectivity index (χ1v) is 9.76. The minimum Gasteiger partial charge on any atom is -0.338 e. The second kappa shape index (κ2) is 7.15. The van der Waals surface area contributed by atoms with Crippen LogP contribution in [0.4, 0.5) is 4.79 Å². The molecule has 3 rings (SSSR count). The van der Waals surface area contributed by atoms with Crippen molar-refractivity contribution in [3.05, 3.63) is 22.4 Å². The van der Waals surface area contributed by atoms with Gasteiger partial charge < -0.3 is 10.2 Å². The molecule has 136 valence electrons. The Kier molecular flexibility index (Phi) is 5.13. The Hall–Kier alpha value is -1.89. The van der Waals surface area contributed by atoms with Crippen LogP contribution in [0.2, 0.25) is 0 Å². The number of urea groups is 1. The van der Waals surface area contributed by atoms with Gasteiger partial charge in [-0.3, -0.25) is 14.5 Å². The summed E-state index contributed by atoms with van der Waals surface area (Å²) in [4.78, 5) is 41.5. The van der Waals surface area contributed by atoms with Crippen molar-refractivity contribution < 1.29 is 14.4 Å². The maximum atomic E-state index is 12.7. The van der Waals surface area contributed by atoms with Gasteiger partial charge in [-0.1, -0.05) is 25.3 Å². The van der Waals surface area contributed by atoms with E-state index in [1.165, 1.54) is 4.90 Å². The fourth-order valence-corrected chi connectivity index (χ4v) is 4.52. The van der Waals surface area contributed by atoms with E-state index in [2.05, 4.69) is 5.32 Å². The van der Waals surface area contributed by atoms with Gasteiger partial charge in [0.05, 0.1) is 6.04 Å². The average Bonchev–Trinajstić information content (AvgIpc) is 3.21. The molecule has 1 aromatic rings. The van der Waals surface area contributed by atoms with Crippen LogP contribution in [0.25, 0.3) is 0 Å². The molecule has 25 heavy (non-hydrogen) atoms. The van der Waals surface area contributed by atoms with Crippen molar-refractivity contribution in [2.45, 2.75) is 57.0 Å². The number of carbonyl (C=O) groups is 3. The third kappa shape index (κ3) is 3.42. The topological polar surface area (TPSA) is 69.7 Å². The summed E-state index contributed by atoms with van der Waals surface area (Å²) in [6.07, 6.45) is 4.59. The van der Waals surface area contributed by atoms with Gasteiger partial charge in [-0.15, -0.1) is 11.3 Å². The number of amides is 4. The first-order chi connectivity index (χ1) is 11.9. The molecule has 7 heteroatoms. The number of nitrogens with one attached hydrogen (secondary N) is 1.